The zero-order valence-corrected chi connectivity index (χ0v) is 10.2. The van der Waals surface area contributed by atoms with E-state index in [1.165, 1.54) is 4.90 Å². The fraction of sp³-hybridized carbons (Fsp3) is 0.167. The molecule has 0 unspecified atom stereocenters. The minimum atomic E-state index is -0.504. The molecule has 0 saturated carbocycles. The van der Waals surface area contributed by atoms with Crippen LogP contribution in [0.4, 0.5) is 5.69 Å². The van der Waals surface area contributed by atoms with E-state index in [1.807, 2.05) is 0 Å². The fourth-order valence-electron chi connectivity index (χ4n) is 1.58. The summed E-state index contributed by atoms with van der Waals surface area (Å²) in [6.07, 6.45) is 0. The van der Waals surface area contributed by atoms with Crippen LogP contribution in [0.1, 0.15) is 17.3 Å². The van der Waals surface area contributed by atoms with E-state index >= 15 is 0 Å². The first kappa shape index (κ1) is 10.9. The molecule has 2 rings (SSSR count). The number of carbonyl (C=O) groups is 2. The van der Waals surface area contributed by atoms with E-state index in [9.17, 15) is 9.59 Å². The van der Waals surface area contributed by atoms with Gasteiger partial charge in [-0.1, -0.05) is 21.9 Å². The molecule has 1 amide bonds. The molecule has 1 aliphatic heterocycles. The maximum atomic E-state index is 11.7. The molecule has 16 heavy (non-hydrogen) atoms. The van der Waals surface area contributed by atoms with E-state index in [2.05, 4.69) is 27.8 Å². The lowest BCUT2D eigenvalue weighted by atomic mass is 10.1. The molecule has 1 aromatic rings. The van der Waals surface area contributed by atoms with Gasteiger partial charge in [-0.25, -0.2) is 0 Å². The number of carbonyl (C=O) groups excluding carboxylic acids is 2. The lowest BCUT2D eigenvalue weighted by Crippen LogP contribution is -2.29. The van der Waals surface area contributed by atoms with Crippen LogP contribution in [0.3, 0.4) is 0 Å². The highest BCUT2D eigenvalue weighted by atomic mass is 79.9. The summed E-state index contributed by atoms with van der Waals surface area (Å²) in [4.78, 5) is 24.7. The smallest absolute Gasteiger partial charge is 0.293 e. The molecule has 0 aromatic heterocycles. The molecule has 1 aliphatic rings. The van der Waals surface area contributed by atoms with Crippen molar-refractivity contribution in [3.63, 3.8) is 0 Å². The summed E-state index contributed by atoms with van der Waals surface area (Å²) >= 11 is 3.32. The Morgan fingerprint density at radius 1 is 1.38 bits per heavy atom. The molecule has 0 fully saturated rings. The molecule has 1 aromatic carbocycles. The van der Waals surface area contributed by atoms with Crippen LogP contribution < -0.4 is 4.90 Å². The second-order valence-electron chi connectivity index (χ2n) is 3.31. The summed E-state index contributed by atoms with van der Waals surface area (Å²) < 4.78 is 0.836. The van der Waals surface area contributed by atoms with Crippen LogP contribution >= 0.6 is 15.9 Å². The summed E-state index contributed by atoms with van der Waals surface area (Å²) in [6, 6.07) is 5.16. The average molecular weight is 278 g/mol. The lowest BCUT2D eigenvalue weighted by Gasteiger charge is -2.12. The Morgan fingerprint density at radius 3 is 2.81 bits per heavy atom. The Labute approximate surface area is 102 Å². The molecule has 0 atom stereocenters. The first-order chi connectivity index (χ1) is 7.65. The van der Waals surface area contributed by atoms with Gasteiger partial charge >= 0.3 is 0 Å². The van der Waals surface area contributed by atoms with Gasteiger partial charge in [0, 0.05) is 4.47 Å². The predicted octanol–water partition coefficient (Wildman–Crippen LogP) is 2.00. The van der Waals surface area contributed by atoms with E-state index in [-0.39, 0.29) is 6.54 Å². The molecule has 0 spiro atoms. The summed E-state index contributed by atoms with van der Waals surface area (Å²) in [5.41, 5.74) is 1.08. The fourth-order valence-corrected chi connectivity index (χ4v) is 1.93. The summed E-state index contributed by atoms with van der Waals surface area (Å²) in [7, 11) is 0. The van der Waals surface area contributed by atoms with E-state index < -0.39 is 11.7 Å². The summed E-state index contributed by atoms with van der Waals surface area (Å²) in [5, 5.41) is 0. The Balaban J connectivity index is 2.49. The number of hydrogen-bond donors (Lipinski definition) is 0. The van der Waals surface area contributed by atoms with E-state index in [0.29, 0.717) is 11.3 Å². The van der Waals surface area contributed by atoms with Gasteiger partial charge in [-0.05, 0) is 25.1 Å². The molecule has 0 radical (unpaired) electrons. The second-order valence-corrected chi connectivity index (χ2v) is 4.22. The SMILES string of the molecule is CC#CCN1C(=O)C(=O)c2ccc(Br)cc21. The van der Waals surface area contributed by atoms with Crippen molar-refractivity contribution in [1.82, 2.24) is 0 Å². The van der Waals surface area contributed by atoms with Gasteiger partial charge in [0.05, 0.1) is 17.8 Å². The van der Waals surface area contributed by atoms with Crippen LogP contribution in [0.15, 0.2) is 22.7 Å². The number of nitrogens with zero attached hydrogens (tertiary/aromatic N) is 1. The second kappa shape index (κ2) is 4.11. The van der Waals surface area contributed by atoms with Crippen LogP contribution in [0.2, 0.25) is 0 Å². The Morgan fingerprint density at radius 2 is 2.12 bits per heavy atom. The van der Waals surface area contributed by atoms with Gasteiger partial charge in [0.15, 0.2) is 0 Å². The first-order valence-electron chi connectivity index (χ1n) is 4.70. The third kappa shape index (κ3) is 1.63. The number of amides is 1. The third-order valence-electron chi connectivity index (χ3n) is 2.35. The number of halogens is 1. The number of fused-ring (bicyclic) bond motifs is 1. The zero-order chi connectivity index (χ0) is 11.7. The lowest BCUT2D eigenvalue weighted by molar-refractivity contribution is -0.114. The highest BCUT2D eigenvalue weighted by Crippen LogP contribution is 2.31. The van der Waals surface area contributed by atoms with Crippen LogP contribution in [0.5, 0.6) is 0 Å². The van der Waals surface area contributed by atoms with Crippen molar-refractivity contribution < 1.29 is 9.59 Å². The highest BCUT2D eigenvalue weighted by molar-refractivity contribution is 9.10. The average Bonchev–Trinajstić information content (AvgIpc) is 2.50. The number of ketones is 1. The van der Waals surface area contributed by atoms with Gasteiger partial charge in [-0.15, -0.1) is 5.92 Å². The van der Waals surface area contributed by atoms with Crippen LogP contribution in [0, 0.1) is 11.8 Å². The van der Waals surface area contributed by atoms with Crippen molar-refractivity contribution in [3.05, 3.63) is 28.2 Å². The number of benzene rings is 1. The Bertz CT molecular complexity index is 540. The van der Waals surface area contributed by atoms with Crippen molar-refractivity contribution in [2.75, 3.05) is 11.4 Å². The molecule has 3 nitrogen and oxygen atoms in total. The maximum Gasteiger partial charge on any atom is 0.300 e. The van der Waals surface area contributed by atoms with Crippen LogP contribution in [-0.2, 0) is 4.79 Å². The van der Waals surface area contributed by atoms with E-state index in [4.69, 9.17) is 0 Å². The van der Waals surface area contributed by atoms with Gasteiger partial charge in [-0.2, -0.15) is 0 Å². The number of Topliss-reactive ketones (excluding diaryl/α,β-unsaturated/α-hetero) is 1. The Hall–Kier alpha value is -1.60. The van der Waals surface area contributed by atoms with Gasteiger partial charge in [0.2, 0.25) is 0 Å². The van der Waals surface area contributed by atoms with Gasteiger partial charge < -0.3 is 0 Å². The van der Waals surface area contributed by atoms with Crippen molar-refractivity contribution in [2.45, 2.75) is 6.92 Å². The van der Waals surface area contributed by atoms with Crippen molar-refractivity contribution >= 4 is 33.3 Å². The number of anilines is 1. The summed E-state index contributed by atoms with van der Waals surface area (Å²) in [5.74, 6) is 4.54. The molecule has 0 saturated heterocycles. The van der Waals surface area contributed by atoms with Gasteiger partial charge in [0.25, 0.3) is 11.7 Å². The molecular weight excluding hydrogens is 270 g/mol. The quantitative estimate of drug-likeness (QED) is 0.582. The minimum absolute atomic E-state index is 0.254. The van der Waals surface area contributed by atoms with Crippen molar-refractivity contribution in [3.8, 4) is 11.8 Å². The first-order valence-corrected chi connectivity index (χ1v) is 5.50. The van der Waals surface area contributed by atoms with Crippen molar-refractivity contribution in [2.24, 2.45) is 0 Å². The van der Waals surface area contributed by atoms with Gasteiger partial charge in [-0.3, -0.25) is 14.5 Å². The van der Waals surface area contributed by atoms with E-state index in [1.54, 1.807) is 25.1 Å². The number of hydrogen-bond acceptors (Lipinski definition) is 2. The standard InChI is InChI=1S/C12H8BrNO2/c1-2-3-6-14-10-7-8(13)4-5-9(10)11(15)12(14)16/h4-5,7H,6H2,1H3. The largest absolute Gasteiger partial charge is 0.300 e. The molecule has 0 N–H and O–H groups in total. The normalized spacial score (nSPS) is 13.5. The number of rotatable bonds is 1. The zero-order valence-electron chi connectivity index (χ0n) is 8.58. The van der Waals surface area contributed by atoms with Gasteiger partial charge in [0.1, 0.15) is 0 Å². The molecule has 0 aliphatic carbocycles. The minimum Gasteiger partial charge on any atom is -0.293 e. The third-order valence-corrected chi connectivity index (χ3v) is 2.84. The summed E-state index contributed by atoms with van der Waals surface area (Å²) in [6.45, 7) is 1.95. The molecule has 0 bridgehead atoms. The molecule has 4 heteroatoms. The molecule has 80 valence electrons. The Kier molecular flexibility index (Phi) is 2.80. The van der Waals surface area contributed by atoms with E-state index in [0.717, 1.165) is 4.47 Å². The monoisotopic (exact) mass is 277 g/mol. The van der Waals surface area contributed by atoms with Crippen LogP contribution in [0.25, 0.3) is 0 Å². The van der Waals surface area contributed by atoms with Crippen LogP contribution in [-0.4, -0.2) is 18.2 Å². The maximum absolute atomic E-state index is 11.7. The highest BCUT2D eigenvalue weighted by Gasteiger charge is 2.35. The van der Waals surface area contributed by atoms with Crippen molar-refractivity contribution in [1.29, 1.82) is 0 Å². The molecule has 1 heterocycles. The predicted molar refractivity (Wildman–Crippen MR) is 64.3 cm³/mol. The topological polar surface area (TPSA) is 37.4 Å². The molecular formula is C12H8BrNO2.